The Morgan fingerprint density at radius 2 is 1.58 bits per heavy atom. The summed E-state index contributed by atoms with van der Waals surface area (Å²) in [5.74, 6) is -0.248. The molecule has 0 saturated heterocycles. The summed E-state index contributed by atoms with van der Waals surface area (Å²) in [5, 5.41) is 2.63. The van der Waals surface area contributed by atoms with E-state index in [0.29, 0.717) is 17.9 Å². The predicted molar refractivity (Wildman–Crippen MR) is 149 cm³/mol. The van der Waals surface area contributed by atoms with Gasteiger partial charge in [0, 0.05) is 13.6 Å². The molecule has 0 heterocycles. The number of benzene rings is 3. The minimum atomic E-state index is -4.11. The highest BCUT2D eigenvalue weighted by Crippen LogP contribution is 2.27. The summed E-state index contributed by atoms with van der Waals surface area (Å²) in [5.41, 5.74) is 3.07. The van der Waals surface area contributed by atoms with Crippen molar-refractivity contribution >= 4 is 27.5 Å². The van der Waals surface area contributed by atoms with Crippen molar-refractivity contribution in [2.24, 2.45) is 0 Å². The van der Waals surface area contributed by atoms with Crippen molar-refractivity contribution in [3.8, 4) is 5.75 Å². The lowest BCUT2D eigenvalue weighted by atomic mass is 10.1. The van der Waals surface area contributed by atoms with E-state index in [4.69, 9.17) is 4.74 Å². The van der Waals surface area contributed by atoms with Gasteiger partial charge in [0.2, 0.25) is 11.8 Å². The van der Waals surface area contributed by atoms with Crippen LogP contribution in [-0.4, -0.2) is 51.9 Å². The minimum Gasteiger partial charge on any atom is -0.497 e. The Bertz CT molecular complexity index is 1360. The van der Waals surface area contributed by atoms with Crippen LogP contribution in [0.2, 0.25) is 0 Å². The quantitative estimate of drug-likeness (QED) is 0.398. The minimum absolute atomic E-state index is 0.0653. The number of nitrogens with one attached hydrogen (secondary N) is 1. The smallest absolute Gasteiger partial charge is 0.264 e. The van der Waals surface area contributed by atoms with Gasteiger partial charge < -0.3 is 15.0 Å². The average Bonchev–Trinajstić information content (AvgIpc) is 2.92. The summed E-state index contributed by atoms with van der Waals surface area (Å²) in [6.07, 6.45) is 0.366. The maximum atomic E-state index is 13.9. The largest absolute Gasteiger partial charge is 0.497 e. The van der Waals surface area contributed by atoms with E-state index in [1.54, 1.807) is 36.4 Å². The maximum absolute atomic E-state index is 13.9. The van der Waals surface area contributed by atoms with Crippen molar-refractivity contribution in [2.75, 3.05) is 25.0 Å². The normalized spacial score (nSPS) is 11.9. The number of aryl methyl sites for hydroxylation is 2. The summed E-state index contributed by atoms with van der Waals surface area (Å²) in [6.45, 7) is 5.31. The van der Waals surface area contributed by atoms with Gasteiger partial charge in [0.25, 0.3) is 10.0 Å². The number of carbonyl (C=O) groups is 2. The summed E-state index contributed by atoms with van der Waals surface area (Å²) in [7, 11) is -1.07. The van der Waals surface area contributed by atoms with E-state index in [2.05, 4.69) is 5.32 Å². The van der Waals surface area contributed by atoms with E-state index in [9.17, 15) is 18.0 Å². The van der Waals surface area contributed by atoms with Crippen LogP contribution in [-0.2, 0) is 26.2 Å². The monoisotopic (exact) mass is 537 g/mol. The second-order valence-corrected chi connectivity index (χ2v) is 10.9. The van der Waals surface area contributed by atoms with E-state index >= 15 is 0 Å². The number of amides is 2. The van der Waals surface area contributed by atoms with Crippen LogP contribution in [0.3, 0.4) is 0 Å². The molecule has 0 aliphatic heterocycles. The van der Waals surface area contributed by atoms with Crippen LogP contribution in [0, 0.1) is 13.8 Å². The van der Waals surface area contributed by atoms with Gasteiger partial charge in [-0.15, -0.1) is 0 Å². The number of anilines is 1. The fourth-order valence-electron chi connectivity index (χ4n) is 4.17. The molecule has 3 aromatic carbocycles. The van der Waals surface area contributed by atoms with Crippen molar-refractivity contribution in [1.29, 1.82) is 0 Å². The van der Waals surface area contributed by atoms with Crippen LogP contribution in [0.25, 0.3) is 0 Å². The van der Waals surface area contributed by atoms with Gasteiger partial charge in [-0.1, -0.05) is 48.9 Å². The summed E-state index contributed by atoms with van der Waals surface area (Å²) < 4.78 is 34.0. The Labute approximate surface area is 225 Å². The first-order chi connectivity index (χ1) is 18.1. The number of likely N-dealkylation sites (N-methyl/N-ethyl adjacent to an activating group) is 1. The third-order valence-electron chi connectivity index (χ3n) is 6.48. The van der Waals surface area contributed by atoms with Crippen molar-refractivity contribution in [1.82, 2.24) is 10.2 Å². The molecule has 1 atom stereocenters. The summed E-state index contributed by atoms with van der Waals surface area (Å²) >= 11 is 0. The third-order valence-corrected chi connectivity index (χ3v) is 8.27. The fourth-order valence-corrected chi connectivity index (χ4v) is 5.59. The number of carbonyl (C=O) groups excluding carboxylic acids is 2. The molecule has 3 rings (SSSR count). The van der Waals surface area contributed by atoms with Crippen LogP contribution >= 0.6 is 0 Å². The number of hydrogen-bond acceptors (Lipinski definition) is 5. The van der Waals surface area contributed by atoms with E-state index in [-0.39, 0.29) is 17.3 Å². The van der Waals surface area contributed by atoms with Crippen molar-refractivity contribution in [3.63, 3.8) is 0 Å². The topological polar surface area (TPSA) is 96.0 Å². The van der Waals surface area contributed by atoms with Gasteiger partial charge in [-0.05, 0) is 67.8 Å². The van der Waals surface area contributed by atoms with Crippen LogP contribution in [0.1, 0.15) is 30.0 Å². The Morgan fingerprint density at radius 1 is 0.947 bits per heavy atom. The molecule has 0 aliphatic rings. The summed E-state index contributed by atoms with van der Waals surface area (Å²) in [4.78, 5) is 28.2. The number of rotatable bonds is 11. The molecular formula is C29H35N3O5S. The lowest BCUT2D eigenvalue weighted by Crippen LogP contribution is -2.51. The van der Waals surface area contributed by atoms with E-state index in [0.717, 1.165) is 21.0 Å². The highest BCUT2D eigenvalue weighted by molar-refractivity contribution is 7.92. The molecule has 0 saturated carbocycles. The molecule has 0 radical (unpaired) electrons. The fraction of sp³-hybridized carbons (Fsp3) is 0.310. The third kappa shape index (κ3) is 6.52. The van der Waals surface area contributed by atoms with Gasteiger partial charge in [0.15, 0.2) is 0 Å². The van der Waals surface area contributed by atoms with Gasteiger partial charge in [0.05, 0.1) is 17.7 Å². The SMILES string of the molecule is CCC(C(=O)NC)N(Cc1ccccc1C)C(=O)CN(c1ccc(OC)cc1)S(=O)(=O)c1ccc(C)cc1. The molecule has 1 N–H and O–H groups in total. The van der Waals surface area contributed by atoms with Crippen molar-refractivity contribution < 1.29 is 22.7 Å². The Hall–Kier alpha value is -3.85. The molecule has 0 fully saturated rings. The molecule has 38 heavy (non-hydrogen) atoms. The van der Waals surface area contributed by atoms with Crippen LogP contribution < -0.4 is 14.4 Å². The number of ether oxygens (including phenoxy) is 1. The molecule has 1 unspecified atom stereocenters. The maximum Gasteiger partial charge on any atom is 0.264 e. The highest BCUT2D eigenvalue weighted by atomic mass is 32.2. The average molecular weight is 538 g/mol. The molecule has 0 aromatic heterocycles. The van der Waals surface area contributed by atoms with Gasteiger partial charge in [-0.2, -0.15) is 0 Å². The Balaban J connectivity index is 2.07. The molecule has 0 aliphatic carbocycles. The first-order valence-electron chi connectivity index (χ1n) is 12.4. The molecule has 9 heteroatoms. The van der Waals surface area contributed by atoms with E-state index in [1.165, 1.54) is 31.2 Å². The number of hydrogen-bond donors (Lipinski definition) is 1. The van der Waals surface area contributed by atoms with Gasteiger partial charge in [0.1, 0.15) is 18.3 Å². The van der Waals surface area contributed by atoms with Crippen LogP contribution in [0.5, 0.6) is 5.75 Å². The molecule has 3 aromatic rings. The molecule has 8 nitrogen and oxygen atoms in total. The van der Waals surface area contributed by atoms with E-state index < -0.39 is 28.5 Å². The lowest BCUT2D eigenvalue weighted by molar-refractivity contribution is -0.140. The zero-order valence-corrected chi connectivity index (χ0v) is 23.3. The Morgan fingerprint density at radius 3 is 2.13 bits per heavy atom. The highest BCUT2D eigenvalue weighted by Gasteiger charge is 2.33. The molecule has 202 valence electrons. The van der Waals surface area contributed by atoms with E-state index in [1.807, 2.05) is 45.0 Å². The standard InChI is InChI=1S/C29H35N3O5S/c1-6-27(29(34)30-4)31(19-23-10-8-7-9-22(23)3)28(33)20-32(24-13-15-25(37-5)16-14-24)38(35,36)26-17-11-21(2)12-18-26/h7-18,27H,6,19-20H2,1-5H3,(H,30,34). The van der Waals surface area contributed by atoms with Crippen LogP contribution in [0.4, 0.5) is 5.69 Å². The van der Waals surface area contributed by atoms with Crippen molar-refractivity contribution in [3.05, 3.63) is 89.5 Å². The summed E-state index contributed by atoms with van der Waals surface area (Å²) in [6, 6.07) is 19.8. The first-order valence-corrected chi connectivity index (χ1v) is 13.8. The molecular weight excluding hydrogens is 502 g/mol. The van der Waals surface area contributed by atoms with Crippen molar-refractivity contribution in [2.45, 2.75) is 44.7 Å². The molecule has 2 amide bonds. The Kier molecular flexibility index (Phi) is 9.52. The predicted octanol–water partition coefficient (Wildman–Crippen LogP) is 4.06. The molecule has 0 bridgehead atoms. The number of sulfonamides is 1. The second-order valence-electron chi connectivity index (χ2n) is 9.01. The number of methoxy groups -OCH3 is 1. The first kappa shape index (κ1) is 28.7. The van der Waals surface area contributed by atoms with Gasteiger partial charge >= 0.3 is 0 Å². The van der Waals surface area contributed by atoms with Crippen LogP contribution in [0.15, 0.2) is 77.7 Å². The zero-order valence-electron chi connectivity index (χ0n) is 22.5. The van der Waals surface area contributed by atoms with Gasteiger partial charge in [-0.25, -0.2) is 8.42 Å². The zero-order chi connectivity index (χ0) is 27.9. The second kappa shape index (κ2) is 12.6. The number of nitrogens with zero attached hydrogens (tertiary/aromatic N) is 2. The molecule has 0 spiro atoms. The van der Waals surface area contributed by atoms with Gasteiger partial charge in [-0.3, -0.25) is 13.9 Å². The lowest BCUT2D eigenvalue weighted by Gasteiger charge is -2.33.